The zero-order valence-corrected chi connectivity index (χ0v) is 9.79. The average Bonchev–Trinajstić information content (AvgIpc) is 2.17. The number of hydrogen-bond acceptors (Lipinski definition) is 1. The quantitative estimate of drug-likeness (QED) is 0.700. The third kappa shape index (κ3) is 1.49. The van der Waals surface area contributed by atoms with Crippen molar-refractivity contribution in [2.24, 2.45) is 0 Å². The Morgan fingerprint density at radius 1 is 1.29 bits per heavy atom. The molecule has 72 valence electrons. The van der Waals surface area contributed by atoms with Crippen molar-refractivity contribution in [2.75, 3.05) is 0 Å². The standard InChI is InChI=1S/C9H3BrCl2FN/c10-5-2-1-4-7(12)6(11)3-14-9(4)8(5)13/h1-3H. The van der Waals surface area contributed by atoms with Crippen molar-refractivity contribution in [3.63, 3.8) is 0 Å². The molecule has 1 aromatic carbocycles. The maximum absolute atomic E-state index is 13.5. The van der Waals surface area contributed by atoms with E-state index in [4.69, 9.17) is 23.2 Å². The molecule has 0 saturated carbocycles. The molecule has 0 amide bonds. The molecule has 2 rings (SSSR count). The molecule has 14 heavy (non-hydrogen) atoms. The first-order valence-corrected chi connectivity index (χ1v) is 5.24. The molecule has 1 aromatic heterocycles. The van der Waals surface area contributed by atoms with E-state index in [0.29, 0.717) is 19.9 Å². The minimum Gasteiger partial charge on any atom is -0.251 e. The molecule has 0 spiro atoms. The third-order valence-electron chi connectivity index (χ3n) is 1.82. The van der Waals surface area contributed by atoms with E-state index in [1.807, 2.05) is 0 Å². The molecule has 1 nitrogen and oxygen atoms in total. The summed E-state index contributed by atoms with van der Waals surface area (Å²) in [6.07, 6.45) is 1.34. The summed E-state index contributed by atoms with van der Waals surface area (Å²) in [4.78, 5) is 3.88. The van der Waals surface area contributed by atoms with Crippen LogP contribution in [0, 0.1) is 5.82 Å². The fourth-order valence-electron chi connectivity index (χ4n) is 1.15. The topological polar surface area (TPSA) is 12.9 Å². The number of rotatable bonds is 0. The van der Waals surface area contributed by atoms with E-state index in [1.165, 1.54) is 6.20 Å². The lowest BCUT2D eigenvalue weighted by molar-refractivity contribution is 0.630. The second-order valence-corrected chi connectivity index (χ2v) is 4.32. The van der Waals surface area contributed by atoms with Gasteiger partial charge in [0.05, 0.1) is 14.5 Å². The number of halogens is 4. The first kappa shape index (κ1) is 10.1. The minimum atomic E-state index is -0.430. The van der Waals surface area contributed by atoms with Gasteiger partial charge in [-0.2, -0.15) is 0 Å². The van der Waals surface area contributed by atoms with Crippen molar-refractivity contribution < 1.29 is 4.39 Å². The van der Waals surface area contributed by atoms with Crippen LogP contribution in [0.4, 0.5) is 4.39 Å². The molecule has 0 radical (unpaired) electrons. The van der Waals surface area contributed by atoms with E-state index < -0.39 is 5.82 Å². The van der Waals surface area contributed by atoms with Gasteiger partial charge < -0.3 is 0 Å². The van der Waals surface area contributed by atoms with Crippen molar-refractivity contribution in [2.45, 2.75) is 0 Å². The lowest BCUT2D eigenvalue weighted by atomic mass is 10.2. The van der Waals surface area contributed by atoms with E-state index in [2.05, 4.69) is 20.9 Å². The van der Waals surface area contributed by atoms with Gasteiger partial charge in [-0.05, 0) is 28.1 Å². The van der Waals surface area contributed by atoms with Crippen LogP contribution in [0.2, 0.25) is 10.0 Å². The molecule has 2 aromatic rings. The average molecular weight is 295 g/mol. The number of benzene rings is 1. The van der Waals surface area contributed by atoms with Crippen LogP contribution in [0.25, 0.3) is 10.9 Å². The Morgan fingerprint density at radius 3 is 2.71 bits per heavy atom. The molecule has 0 bridgehead atoms. The highest BCUT2D eigenvalue weighted by atomic mass is 79.9. The van der Waals surface area contributed by atoms with E-state index >= 15 is 0 Å². The van der Waals surface area contributed by atoms with Gasteiger partial charge in [0.2, 0.25) is 0 Å². The summed E-state index contributed by atoms with van der Waals surface area (Å²) in [6.45, 7) is 0. The molecule has 0 N–H and O–H groups in total. The van der Waals surface area contributed by atoms with Crippen LogP contribution in [-0.2, 0) is 0 Å². The van der Waals surface area contributed by atoms with Crippen LogP contribution in [0.3, 0.4) is 0 Å². The fourth-order valence-corrected chi connectivity index (χ4v) is 1.82. The van der Waals surface area contributed by atoms with Gasteiger partial charge >= 0.3 is 0 Å². The number of nitrogens with zero attached hydrogens (tertiary/aromatic N) is 1. The van der Waals surface area contributed by atoms with Gasteiger partial charge in [0, 0.05) is 11.6 Å². The Hall–Kier alpha value is -0.380. The number of fused-ring (bicyclic) bond motifs is 1. The second kappa shape index (κ2) is 3.65. The Balaban J connectivity index is 2.94. The molecule has 1 heterocycles. The highest BCUT2D eigenvalue weighted by Crippen LogP contribution is 2.32. The SMILES string of the molecule is Fc1c(Br)ccc2c(Cl)c(Cl)cnc12. The lowest BCUT2D eigenvalue weighted by Crippen LogP contribution is -1.87. The number of pyridine rings is 1. The third-order valence-corrected chi connectivity index (χ3v) is 3.23. The van der Waals surface area contributed by atoms with Crippen molar-refractivity contribution >= 4 is 50.0 Å². The van der Waals surface area contributed by atoms with Gasteiger partial charge in [0.1, 0.15) is 5.52 Å². The largest absolute Gasteiger partial charge is 0.251 e. The summed E-state index contributed by atoms with van der Waals surface area (Å²) in [5.74, 6) is -0.430. The summed E-state index contributed by atoms with van der Waals surface area (Å²) in [7, 11) is 0. The number of hydrogen-bond donors (Lipinski definition) is 0. The van der Waals surface area contributed by atoms with Gasteiger partial charge in [-0.3, -0.25) is 4.98 Å². The molecule has 0 saturated heterocycles. The van der Waals surface area contributed by atoms with E-state index in [0.717, 1.165) is 0 Å². The lowest BCUT2D eigenvalue weighted by Gasteiger charge is -2.03. The second-order valence-electron chi connectivity index (χ2n) is 2.68. The van der Waals surface area contributed by atoms with Gasteiger partial charge in [0.15, 0.2) is 5.82 Å². The molecule has 0 aliphatic carbocycles. The zero-order chi connectivity index (χ0) is 10.3. The molecular formula is C9H3BrCl2FN. The maximum atomic E-state index is 13.5. The van der Waals surface area contributed by atoms with E-state index in [1.54, 1.807) is 12.1 Å². The monoisotopic (exact) mass is 293 g/mol. The molecule has 0 unspecified atom stereocenters. The summed E-state index contributed by atoms with van der Waals surface area (Å²) >= 11 is 14.7. The Kier molecular flexibility index (Phi) is 2.64. The van der Waals surface area contributed by atoms with Gasteiger partial charge in [-0.15, -0.1) is 0 Å². The first-order chi connectivity index (χ1) is 6.61. The maximum Gasteiger partial charge on any atom is 0.163 e. The van der Waals surface area contributed by atoms with E-state index in [-0.39, 0.29) is 5.52 Å². The fraction of sp³-hybridized carbons (Fsp3) is 0. The van der Waals surface area contributed by atoms with Gasteiger partial charge in [-0.25, -0.2) is 4.39 Å². The molecule has 0 fully saturated rings. The van der Waals surface area contributed by atoms with Crippen molar-refractivity contribution in [1.82, 2.24) is 4.98 Å². The normalized spacial score (nSPS) is 10.9. The van der Waals surface area contributed by atoms with Crippen molar-refractivity contribution in [1.29, 1.82) is 0 Å². The summed E-state index contributed by atoms with van der Waals surface area (Å²) in [5, 5.41) is 1.16. The summed E-state index contributed by atoms with van der Waals surface area (Å²) < 4.78 is 13.9. The van der Waals surface area contributed by atoms with Crippen molar-refractivity contribution in [3.05, 3.63) is 38.7 Å². The summed E-state index contributed by atoms with van der Waals surface area (Å²) in [5.41, 5.74) is 0.216. The minimum absolute atomic E-state index is 0.216. The Morgan fingerprint density at radius 2 is 2.00 bits per heavy atom. The molecule has 5 heteroatoms. The molecular weight excluding hydrogens is 292 g/mol. The molecule has 0 aliphatic rings. The van der Waals surface area contributed by atoms with Crippen LogP contribution < -0.4 is 0 Å². The van der Waals surface area contributed by atoms with Crippen molar-refractivity contribution in [3.8, 4) is 0 Å². The smallest absolute Gasteiger partial charge is 0.163 e. The predicted octanol–water partition coefficient (Wildman–Crippen LogP) is 4.44. The highest BCUT2D eigenvalue weighted by Gasteiger charge is 2.10. The van der Waals surface area contributed by atoms with Crippen LogP contribution >= 0.6 is 39.1 Å². The summed E-state index contributed by atoms with van der Waals surface area (Å²) in [6, 6.07) is 3.24. The highest BCUT2D eigenvalue weighted by molar-refractivity contribution is 9.10. The zero-order valence-electron chi connectivity index (χ0n) is 6.69. The van der Waals surface area contributed by atoms with E-state index in [9.17, 15) is 4.39 Å². The molecule has 0 atom stereocenters. The van der Waals surface area contributed by atoms with Crippen LogP contribution in [0.1, 0.15) is 0 Å². The number of aromatic nitrogens is 1. The Labute approximate surface area is 98.0 Å². The predicted molar refractivity (Wildman–Crippen MR) is 59.4 cm³/mol. The van der Waals surface area contributed by atoms with Gasteiger partial charge in [-0.1, -0.05) is 23.2 Å². The Bertz CT molecular complexity index is 468. The van der Waals surface area contributed by atoms with Crippen LogP contribution in [-0.4, -0.2) is 4.98 Å². The first-order valence-electron chi connectivity index (χ1n) is 3.69. The van der Waals surface area contributed by atoms with Crippen LogP contribution in [0.15, 0.2) is 22.8 Å². The van der Waals surface area contributed by atoms with Gasteiger partial charge in [0.25, 0.3) is 0 Å². The van der Waals surface area contributed by atoms with Crippen LogP contribution in [0.5, 0.6) is 0 Å². The molecule has 0 aliphatic heterocycles.